The minimum Gasteiger partial charge on any atom is -0.496 e. The molecule has 0 aliphatic carbocycles. The molecule has 1 saturated heterocycles. The Kier molecular flexibility index (Phi) is 3.49. The van der Waals surface area contributed by atoms with Crippen molar-refractivity contribution in [3.8, 4) is 5.75 Å². The van der Waals surface area contributed by atoms with Crippen LogP contribution in [0.3, 0.4) is 0 Å². The van der Waals surface area contributed by atoms with Crippen molar-refractivity contribution in [2.75, 3.05) is 13.7 Å². The van der Waals surface area contributed by atoms with E-state index in [1.54, 1.807) is 7.11 Å². The predicted octanol–water partition coefficient (Wildman–Crippen LogP) is 3.24. The lowest BCUT2D eigenvalue weighted by Gasteiger charge is -2.16. The van der Waals surface area contributed by atoms with Crippen LogP contribution in [0.2, 0.25) is 0 Å². The van der Waals surface area contributed by atoms with E-state index >= 15 is 0 Å². The maximum Gasteiger partial charge on any atom is 0.122 e. The van der Waals surface area contributed by atoms with Crippen LogP contribution in [0.15, 0.2) is 18.2 Å². The van der Waals surface area contributed by atoms with Crippen molar-refractivity contribution in [2.24, 2.45) is 0 Å². The monoisotopic (exact) mass is 219 g/mol. The topological polar surface area (TPSA) is 21.3 Å². The molecule has 1 N–H and O–H groups in total. The third-order valence-electron chi connectivity index (χ3n) is 3.34. The lowest BCUT2D eigenvalue weighted by Crippen LogP contribution is -2.13. The number of hydrogen-bond acceptors (Lipinski definition) is 2. The van der Waals surface area contributed by atoms with Crippen LogP contribution in [0.25, 0.3) is 0 Å². The minimum atomic E-state index is 0.510. The average molecular weight is 219 g/mol. The van der Waals surface area contributed by atoms with Crippen molar-refractivity contribution in [1.82, 2.24) is 5.32 Å². The average Bonchev–Trinajstić information content (AvgIpc) is 2.81. The molecule has 1 atom stereocenters. The van der Waals surface area contributed by atoms with Crippen LogP contribution >= 0.6 is 0 Å². The third kappa shape index (κ3) is 2.22. The molecular weight excluding hydrogens is 198 g/mol. The Morgan fingerprint density at radius 1 is 1.38 bits per heavy atom. The van der Waals surface area contributed by atoms with E-state index in [0.29, 0.717) is 12.0 Å². The molecule has 1 aliphatic heterocycles. The Morgan fingerprint density at radius 3 is 2.75 bits per heavy atom. The molecule has 1 aromatic carbocycles. The highest BCUT2D eigenvalue weighted by Crippen LogP contribution is 2.31. The van der Waals surface area contributed by atoms with E-state index in [4.69, 9.17) is 4.74 Å². The van der Waals surface area contributed by atoms with Gasteiger partial charge in [0, 0.05) is 6.04 Å². The van der Waals surface area contributed by atoms with Gasteiger partial charge in [0.1, 0.15) is 5.75 Å². The van der Waals surface area contributed by atoms with Crippen LogP contribution in [0, 0.1) is 0 Å². The highest BCUT2D eigenvalue weighted by molar-refractivity contribution is 5.40. The molecule has 0 radical (unpaired) electrons. The van der Waals surface area contributed by atoms with Gasteiger partial charge in [-0.2, -0.15) is 0 Å². The van der Waals surface area contributed by atoms with E-state index in [9.17, 15) is 0 Å². The van der Waals surface area contributed by atoms with Crippen LogP contribution < -0.4 is 10.1 Å². The summed E-state index contributed by atoms with van der Waals surface area (Å²) in [7, 11) is 1.74. The molecule has 0 spiro atoms. The molecular formula is C14H21NO. The molecule has 16 heavy (non-hydrogen) atoms. The predicted molar refractivity (Wildman–Crippen MR) is 67.1 cm³/mol. The molecule has 2 nitrogen and oxygen atoms in total. The first-order valence-electron chi connectivity index (χ1n) is 6.13. The second-order valence-corrected chi connectivity index (χ2v) is 4.81. The molecule has 0 saturated carbocycles. The van der Waals surface area contributed by atoms with Gasteiger partial charge < -0.3 is 10.1 Å². The van der Waals surface area contributed by atoms with Crippen molar-refractivity contribution in [1.29, 1.82) is 0 Å². The zero-order chi connectivity index (χ0) is 11.5. The Hall–Kier alpha value is -1.02. The Labute approximate surface area is 98.0 Å². The van der Waals surface area contributed by atoms with E-state index in [2.05, 4.69) is 37.4 Å². The van der Waals surface area contributed by atoms with E-state index < -0.39 is 0 Å². The fraction of sp³-hybridized carbons (Fsp3) is 0.571. The number of ether oxygens (including phenoxy) is 1. The van der Waals surface area contributed by atoms with Crippen molar-refractivity contribution in [2.45, 2.75) is 38.6 Å². The molecule has 1 aromatic rings. The van der Waals surface area contributed by atoms with Gasteiger partial charge in [-0.1, -0.05) is 26.0 Å². The van der Waals surface area contributed by atoms with Gasteiger partial charge >= 0.3 is 0 Å². The van der Waals surface area contributed by atoms with Crippen LogP contribution in [0.4, 0.5) is 0 Å². The number of nitrogens with one attached hydrogen (secondary N) is 1. The molecule has 0 amide bonds. The summed E-state index contributed by atoms with van der Waals surface area (Å²) in [5, 5.41) is 3.54. The summed E-state index contributed by atoms with van der Waals surface area (Å²) in [5.74, 6) is 1.52. The molecule has 0 bridgehead atoms. The zero-order valence-electron chi connectivity index (χ0n) is 10.4. The van der Waals surface area contributed by atoms with Crippen LogP contribution in [-0.2, 0) is 0 Å². The van der Waals surface area contributed by atoms with Crippen LogP contribution in [-0.4, -0.2) is 13.7 Å². The second-order valence-electron chi connectivity index (χ2n) is 4.81. The number of methoxy groups -OCH3 is 1. The first-order chi connectivity index (χ1) is 7.72. The Bertz CT molecular complexity index is 354. The SMILES string of the molecule is COc1ccc(C2CCCN2)cc1C(C)C. The fourth-order valence-corrected chi connectivity index (χ4v) is 2.39. The Morgan fingerprint density at radius 2 is 2.19 bits per heavy atom. The maximum absolute atomic E-state index is 5.40. The number of rotatable bonds is 3. The molecule has 1 fully saturated rings. The van der Waals surface area contributed by atoms with E-state index in [0.717, 1.165) is 12.3 Å². The van der Waals surface area contributed by atoms with Gasteiger partial charge in [-0.25, -0.2) is 0 Å². The summed E-state index contributed by atoms with van der Waals surface area (Å²) in [6.45, 7) is 5.57. The number of benzene rings is 1. The summed E-state index contributed by atoms with van der Waals surface area (Å²) in [5.41, 5.74) is 2.72. The Balaban J connectivity index is 2.30. The van der Waals surface area contributed by atoms with Crippen LogP contribution in [0.5, 0.6) is 5.75 Å². The van der Waals surface area contributed by atoms with Gasteiger partial charge in [0.25, 0.3) is 0 Å². The van der Waals surface area contributed by atoms with Gasteiger partial charge in [-0.3, -0.25) is 0 Å². The zero-order valence-corrected chi connectivity index (χ0v) is 10.4. The third-order valence-corrected chi connectivity index (χ3v) is 3.34. The van der Waals surface area contributed by atoms with E-state index in [1.165, 1.54) is 24.0 Å². The van der Waals surface area contributed by atoms with E-state index in [-0.39, 0.29) is 0 Å². The molecule has 1 aliphatic rings. The summed E-state index contributed by atoms with van der Waals surface area (Å²) in [6.07, 6.45) is 2.54. The largest absolute Gasteiger partial charge is 0.496 e. The molecule has 2 rings (SSSR count). The first kappa shape index (κ1) is 11.5. The smallest absolute Gasteiger partial charge is 0.122 e. The number of hydrogen-bond donors (Lipinski definition) is 1. The lowest BCUT2D eigenvalue weighted by atomic mass is 9.96. The van der Waals surface area contributed by atoms with Crippen molar-refractivity contribution in [3.05, 3.63) is 29.3 Å². The summed E-state index contributed by atoms with van der Waals surface area (Å²) in [6, 6.07) is 7.13. The molecule has 1 heterocycles. The second kappa shape index (κ2) is 4.88. The van der Waals surface area contributed by atoms with Crippen molar-refractivity contribution in [3.63, 3.8) is 0 Å². The first-order valence-corrected chi connectivity index (χ1v) is 6.13. The molecule has 88 valence electrons. The highest BCUT2D eigenvalue weighted by Gasteiger charge is 2.18. The fourth-order valence-electron chi connectivity index (χ4n) is 2.39. The summed E-state index contributed by atoms with van der Waals surface area (Å²) >= 11 is 0. The van der Waals surface area contributed by atoms with Gasteiger partial charge in [0.15, 0.2) is 0 Å². The van der Waals surface area contributed by atoms with Crippen molar-refractivity contribution < 1.29 is 4.74 Å². The lowest BCUT2D eigenvalue weighted by molar-refractivity contribution is 0.407. The molecule has 2 heteroatoms. The summed E-state index contributed by atoms with van der Waals surface area (Å²) in [4.78, 5) is 0. The van der Waals surface area contributed by atoms with Crippen molar-refractivity contribution >= 4 is 0 Å². The van der Waals surface area contributed by atoms with Gasteiger partial charge in [0.2, 0.25) is 0 Å². The quantitative estimate of drug-likeness (QED) is 0.842. The highest BCUT2D eigenvalue weighted by atomic mass is 16.5. The van der Waals surface area contributed by atoms with Crippen LogP contribution in [0.1, 0.15) is 49.8 Å². The van der Waals surface area contributed by atoms with Gasteiger partial charge in [-0.15, -0.1) is 0 Å². The van der Waals surface area contributed by atoms with Gasteiger partial charge in [0.05, 0.1) is 7.11 Å². The normalized spacial score (nSPS) is 20.4. The molecule has 1 unspecified atom stereocenters. The van der Waals surface area contributed by atoms with Gasteiger partial charge in [-0.05, 0) is 42.5 Å². The standard InChI is InChI=1S/C14H21NO/c1-10(2)12-9-11(6-7-14(12)16-3)13-5-4-8-15-13/h6-7,9-10,13,15H,4-5,8H2,1-3H3. The maximum atomic E-state index is 5.40. The molecule has 0 aromatic heterocycles. The minimum absolute atomic E-state index is 0.510. The summed E-state index contributed by atoms with van der Waals surface area (Å²) < 4.78 is 5.40. The van der Waals surface area contributed by atoms with E-state index in [1.807, 2.05) is 0 Å².